The summed E-state index contributed by atoms with van der Waals surface area (Å²) < 4.78 is 30.2. The number of rotatable bonds is 1. The van der Waals surface area contributed by atoms with Crippen molar-refractivity contribution in [2.24, 2.45) is 5.73 Å². The van der Waals surface area contributed by atoms with Crippen molar-refractivity contribution in [3.05, 3.63) is 23.5 Å². The van der Waals surface area contributed by atoms with Crippen LogP contribution in [0.4, 0.5) is 4.39 Å². The molecule has 92 valence electrons. The molecular formula is C10H12BClFNO3. The van der Waals surface area contributed by atoms with Crippen LogP contribution < -0.4 is 15.9 Å². The van der Waals surface area contributed by atoms with E-state index >= 15 is 0 Å². The third kappa shape index (κ3) is 1.91. The summed E-state index contributed by atoms with van der Waals surface area (Å²) in [4.78, 5) is 0. The topological polar surface area (TPSA) is 53.7 Å². The predicted octanol–water partition coefficient (Wildman–Crippen LogP) is 0.382. The van der Waals surface area contributed by atoms with Gasteiger partial charge in [-0.25, -0.2) is 4.39 Å². The minimum atomic E-state index is -0.545. The highest BCUT2D eigenvalue weighted by atomic mass is 35.5. The summed E-state index contributed by atoms with van der Waals surface area (Å²) in [6, 6.07) is 2.99. The maximum absolute atomic E-state index is 13.7. The molecule has 17 heavy (non-hydrogen) atoms. The van der Waals surface area contributed by atoms with Gasteiger partial charge in [0.05, 0.1) is 12.7 Å². The van der Waals surface area contributed by atoms with Gasteiger partial charge >= 0.3 is 7.12 Å². The van der Waals surface area contributed by atoms with Crippen molar-refractivity contribution in [2.45, 2.75) is 6.10 Å². The van der Waals surface area contributed by atoms with Gasteiger partial charge in [-0.2, -0.15) is 0 Å². The maximum atomic E-state index is 13.7. The van der Waals surface area contributed by atoms with Gasteiger partial charge in [-0.3, -0.25) is 0 Å². The average molecular weight is 259 g/mol. The van der Waals surface area contributed by atoms with Crippen molar-refractivity contribution in [3.8, 4) is 5.75 Å². The van der Waals surface area contributed by atoms with Gasteiger partial charge < -0.3 is 19.8 Å². The third-order valence-electron chi connectivity index (χ3n) is 2.86. The fraction of sp³-hybridized carbons (Fsp3) is 0.400. The Labute approximate surface area is 105 Å². The molecule has 2 heterocycles. The number of hydrogen-bond donors (Lipinski definition) is 1. The molecule has 0 saturated carbocycles. The van der Waals surface area contributed by atoms with Crippen LogP contribution >= 0.6 is 12.4 Å². The Kier molecular flexibility index (Phi) is 3.58. The molecule has 1 aromatic rings. The van der Waals surface area contributed by atoms with Crippen LogP contribution in [0.15, 0.2) is 12.1 Å². The lowest BCUT2D eigenvalue weighted by Gasteiger charge is -2.12. The molecule has 3 rings (SSSR count). The van der Waals surface area contributed by atoms with Crippen LogP contribution in [0, 0.1) is 5.82 Å². The normalized spacial score (nSPS) is 21.3. The lowest BCUT2D eigenvalue weighted by molar-refractivity contribution is 0.146. The van der Waals surface area contributed by atoms with E-state index in [4.69, 9.17) is 19.8 Å². The van der Waals surface area contributed by atoms with E-state index in [0.29, 0.717) is 30.0 Å². The van der Waals surface area contributed by atoms with Gasteiger partial charge in [0, 0.05) is 17.6 Å². The second kappa shape index (κ2) is 4.82. The third-order valence-corrected chi connectivity index (χ3v) is 2.86. The molecule has 0 aliphatic carbocycles. The van der Waals surface area contributed by atoms with Crippen LogP contribution in [0.25, 0.3) is 0 Å². The zero-order valence-electron chi connectivity index (χ0n) is 9.02. The summed E-state index contributed by atoms with van der Waals surface area (Å²) in [5, 5.41) is 0. The molecule has 2 aliphatic rings. The van der Waals surface area contributed by atoms with Crippen LogP contribution in [-0.2, 0) is 9.31 Å². The van der Waals surface area contributed by atoms with Gasteiger partial charge in [0.25, 0.3) is 0 Å². The van der Waals surface area contributed by atoms with Crippen molar-refractivity contribution >= 4 is 25.0 Å². The second-order valence-electron chi connectivity index (χ2n) is 3.78. The lowest BCUT2D eigenvalue weighted by atomic mass is 9.77. The Balaban J connectivity index is 0.00000108. The highest BCUT2D eigenvalue weighted by molar-refractivity contribution is 6.64. The smallest absolute Gasteiger partial charge is 0.492 e. The van der Waals surface area contributed by atoms with Gasteiger partial charge in [-0.1, -0.05) is 0 Å². The maximum Gasteiger partial charge on any atom is 0.498 e. The first-order valence-corrected chi connectivity index (χ1v) is 5.23. The molecule has 0 amide bonds. The monoisotopic (exact) mass is 259 g/mol. The SMILES string of the molecule is Cl.NCC1OB2OCCOc3ccc(F)c1c32. The van der Waals surface area contributed by atoms with Crippen molar-refractivity contribution in [2.75, 3.05) is 19.8 Å². The molecule has 2 aliphatic heterocycles. The summed E-state index contributed by atoms with van der Waals surface area (Å²) >= 11 is 0. The molecule has 0 bridgehead atoms. The molecular weight excluding hydrogens is 247 g/mol. The highest BCUT2D eigenvalue weighted by Crippen LogP contribution is 2.31. The van der Waals surface area contributed by atoms with E-state index in [2.05, 4.69) is 0 Å². The minimum Gasteiger partial charge on any atom is -0.492 e. The summed E-state index contributed by atoms with van der Waals surface area (Å²) in [6.07, 6.45) is -0.443. The molecule has 0 aromatic heterocycles. The molecule has 2 N–H and O–H groups in total. The number of nitrogens with two attached hydrogens (primary N) is 1. The van der Waals surface area contributed by atoms with Gasteiger partial charge in [-0.15, -0.1) is 12.4 Å². The molecule has 4 nitrogen and oxygen atoms in total. The zero-order valence-corrected chi connectivity index (χ0v) is 9.84. The fourth-order valence-electron chi connectivity index (χ4n) is 2.17. The standard InChI is InChI=1S/C10H11BFNO3.ClH/c12-6-1-2-7-10-9(6)8(5-13)16-11(10)15-4-3-14-7;/h1-2,8H,3-5,13H2;1H. The second-order valence-corrected chi connectivity index (χ2v) is 3.78. The highest BCUT2D eigenvalue weighted by Gasteiger charge is 2.42. The molecule has 0 radical (unpaired) electrons. The van der Waals surface area contributed by atoms with Crippen molar-refractivity contribution in [3.63, 3.8) is 0 Å². The molecule has 7 heteroatoms. The molecule has 0 saturated heterocycles. The number of hydrogen-bond acceptors (Lipinski definition) is 4. The summed E-state index contributed by atoms with van der Waals surface area (Å²) in [7, 11) is -0.545. The van der Waals surface area contributed by atoms with Gasteiger partial charge in [0.2, 0.25) is 0 Å². The van der Waals surface area contributed by atoms with Gasteiger partial charge in [0.1, 0.15) is 18.2 Å². The molecule has 0 fully saturated rings. The van der Waals surface area contributed by atoms with E-state index in [1.54, 1.807) is 6.07 Å². The molecule has 1 atom stereocenters. The van der Waals surface area contributed by atoms with Gasteiger partial charge in [0.15, 0.2) is 0 Å². The van der Waals surface area contributed by atoms with Crippen molar-refractivity contribution in [1.82, 2.24) is 0 Å². The molecule has 0 spiro atoms. The fourth-order valence-corrected chi connectivity index (χ4v) is 2.17. The Morgan fingerprint density at radius 1 is 1.41 bits per heavy atom. The first-order valence-electron chi connectivity index (χ1n) is 5.23. The first kappa shape index (κ1) is 12.6. The number of benzene rings is 1. The first-order chi connectivity index (χ1) is 7.81. The quantitative estimate of drug-likeness (QED) is 0.741. The Morgan fingerprint density at radius 3 is 3.00 bits per heavy atom. The van der Waals surface area contributed by atoms with E-state index in [1.807, 2.05) is 0 Å². The summed E-state index contributed by atoms with van der Waals surface area (Å²) in [5.74, 6) is 0.320. The Bertz CT molecular complexity index is 434. The van der Waals surface area contributed by atoms with Crippen LogP contribution in [-0.4, -0.2) is 26.9 Å². The Morgan fingerprint density at radius 2 is 2.24 bits per heavy atom. The van der Waals surface area contributed by atoms with Crippen molar-refractivity contribution < 1.29 is 18.4 Å². The molecule has 1 unspecified atom stereocenters. The predicted molar refractivity (Wildman–Crippen MR) is 63.4 cm³/mol. The Hall–Kier alpha value is -0.815. The van der Waals surface area contributed by atoms with E-state index < -0.39 is 13.2 Å². The average Bonchev–Trinajstić information content (AvgIpc) is 2.55. The number of ether oxygens (including phenoxy) is 1. The van der Waals surface area contributed by atoms with E-state index in [9.17, 15) is 4.39 Å². The van der Waals surface area contributed by atoms with Crippen LogP contribution in [0.2, 0.25) is 0 Å². The number of halogens is 2. The summed E-state index contributed by atoms with van der Waals surface area (Å²) in [6.45, 7) is 1.11. The van der Waals surface area contributed by atoms with Crippen LogP contribution in [0.5, 0.6) is 5.75 Å². The van der Waals surface area contributed by atoms with Gasteiger partial charge in [-0.05, 0) is 12.1 Å². The van der Waals surface area contributed by atoms with Crippen LogP contribution in [0.1, 0.15) is 11.7 Å². The van der Waals surface area contributed by atoms with Crippen LogP contribution in [0.3, 0.4) is 0 Å². The largest absolute Gasteiger partial charge is 0.498 e. The van der Waals surface area contributed by atoms with E-state index in [-0.39, 0.29) is 24.8 Å². The van der Waals surface area contributed by atoms with E-state index in [1.165, 1.54) is 6.07 Å². The molecule has 1 aromatic carbocycles. The lowest BCUT2D eigenvalue weighted by Crippen LogP contribution is -2.31. The van der Waals surface area contributed by atoms with Crippen molar-refractivity contribution in [1.29, 1.82) is 0 Å². The van der Waals surface area contributed by atoms with E-state index in [0.717, 1.165) is 0 Å². The zero-order chi connectivity index (χ0) is 11.1. The summed E-state index contributed by atoms with van der Waals surface area (Å²) in [5.41, 5.74) is 6.69. The minimum absolute atomic E-state index is 0.